The Morgan fingerprint density at radius 1 is 0.885 bits per heavy atom. The molecule has 0 atom stereocenters. The molecule has 1 saturated heterocycles. The van der Waals surface area contributed by atoms with Crippen LogP contribution in [0.4, 0.5) is 0 Å². The van der Waals surface area contributed by atoms with Gasteiger partial charge in [-0.3, -0.25) is 14.8 Å². The molecule has 4 heteroatoms. The van der Waals surface area contributed by atoms with Crippen LogP contribution in [-0.4, -0.2) is 47.1 Å². The van der Waals surface area contributed by atoms with Crippen LogP contribution >= 0.6 is 0 Å². The first-order chi connectivity index (χ1) is 12.8. The van der Waals surface area contributed by atoms with Crippen molar-refractivity contribution in [1.29, 1.82) is 0 Å². The average molecular weight is 351 g/mol. The van der Waals surface area contributed by atoms with Crippen LogP contribution in [0, 0.1) is 0 Å². The van der Waals surface area contributed by atoms with Gasteiger partial charge in [-0.15, -0.1) is 0 Å². The zero-order chi connectivity index (χ0) is 17.6. The summed E-state index contributed by atoms with van der Waals surface area (Å²) in [4.78, 5) is 9.29. The van der Waals surface area contributed by atoms with Gasteiger partial charge in [-0.05, 0) is 55.0 Å². The SMILES string of the molecule is c1cncc(CN2CCN(Cc3cccc(OC4CCCC4)c3)CC2)c1. The Kier molecular flexibility index (Phi) is 5.82. The first-order valence-electron chi connectivity index (χ1n) is 9.94. The van der Waals surface area contributed by atoms with Gasteiger partial charge < -0.3 is 4.74 Å². The molecule has 1 aromatic carbocycles. The Morgan fingerprint density at radius 2 is 1.58 bits per heavy atom. The van der Waals surface area contributed by atoms with Crippen molar-refractivity contribution in [1.82, 2.24) is 14.8 Å². The zero-order valence-electron chi connectivity index (χ0n) is 15.5. The monoisotopic (exact) mass is 351 g/mol. The summed E-state index contributed by atoms with van der Waals surface area (Å²) < 4.78 is 6.16. The maximum absolute atomic E-state index is 6.16. The van der Waals surface area contributed by atoms with Crippen molar-refractivity contribution in [2.24, 2.45) is 0 Å². The van der Waals surface area contributed by atoms with Gasteiger partial charge in [-0.25, -0.2) is 0 Å². The zero-order valence-corrected chi connectivity index (χ0v) is 15.5. The Balaban J connectivity index is 1.26. The first-order valence-corrected chi connectivity index (χ1v) is 9.94. The summed E-state index contributed by atoms with van der Waals surface area (Å²) >= 11 is 0. The highest BCUT2D eigenvalue weighted by Gasteiger charge is 2.18. The van der Waals surface area contributed by atoms with Crippen molar-refractivity contribution in [3.8, 4) is 5.75 Å². The second-order valence-corrected chi connectivity index (χ2v) is 7.59. The second kappa shape index (κ2) is 8.65. The molecule has 2 aromatic rings. The summed E-state index contributed by atoms with van der Waals surface area (Å²) in [6, 6.07) is 12.9. The summed E-state index contributed by atoms with van der Waals surface area (Å²) in [5, 5.41) is 0. The van der Waals surface area contributed by atoms with Crippen LogP contribution in [0.25, 0.3) is 0 Å². The van der Waals surface area contributed by atoms with Crippen molar-refractivity contribution in [3.05, 3.63) is 59.9 Å². The molecule has 138 valence electrons. The third kappa shape index (κ3) is 4.83. The summed E-state index contributed by atoms with van der Waals surface area (Å²) in [7, 11) is 0. The Hall–Kier alpha value is -1.91. The van der Waals surface area contributed by atoms with E-state index < -0.39 is 0 Å². The predicted molar refractivity (Wildman–Crippen MR) is 104 cm³/mol. The fourth-order valence-corrected chi connectivity index (χ4v) is 4.03. The van der Waals surface area contributed by atoms with E-state index in [1.165, 1.54) is 36.8 Å². The fourth-order valence-electron chi connectivity index (χ4n) is 4.03. The van der Waals surface area contributed by atoms with Crippen LogP contribution in [0.2, 0.25) is 0 Å². The van der Waals surface area contributed by atoms with Crippen molar-refractivity contribution < 1.29 is 4.74 Å². The van der Waals surface area contributed by atoms with Crippen LogP contribution in [-0.2, 0) is 13.1 Å². The number of rotatable bonds is 6. The normalized spacial score (nSPS) is 19.7. The molecule has 1 aliphatic heterocycles. The lowest BCUT2D eigenvalue weighted by atomic mass is 10.1. The molecule has 1 saturated carbocycles. The lowest BCUT2D eigenvalue weighted by molar-refractivity contribution is 0.122. The molecule has 1 aliphatic carbocycles. The van der Waals surface area contributed by atoms with Crippen molar-refractivity contribution in [2.75, 3.05) is 26.2 Å². The second-order valence-electron chi connectivity index (χ2n) is 7.59. The standard InChI is InChI=1S/C22H29N3O/c1-2-8-21(7-1)26-22-9-3-5-19(15-22)17-24-11-13-25(14-12-24)18-20-6-4-10-23-16-20/h3-6,9-10,15-16,21H,1-2,7-8,11-14,17-18H2. The smallest absolute Gasteiger partial charge is 0.120 e. The van der Waals surface area contributed by atoms with Crippen LogP contribution in [0.15, 0.2) is 48.8 Å². The largest absolute Gasteiger partial charge is 0.490 e. The molecule has 0 unspecified atom stereocenters. The lowest BCUT2D eigenvalue weighted by Crippen LogP contribution is -2.45. The van der Waals surface area contributed by atoms with E-state index in [-0.39, 0.29) is 0 Å². The summed E-state index contributed by atoms with van der Waals surface area (Å²) in [5.74, 6) is 1.05. The van der Waals surface area contributed by atoms with E-state index >= 15 is 0 Å². The maximum atomic E-state index is 6.16. The molecule has 0 bridgehead atoms. The minimum absolute atomic E-state index is 0.432. The van der Waals surface area contributed by atoms with Crippen LogP contribution in [0.5, 0.6) is 5.75 Å². The summed E-state index contributed by atoms with van der Waals surface area (Å²) in [6.45, 7) is 6.50. The van der Waals surface area contributed by atoms with Gasteiger partial charge in [0.15, 0.2) is 0 Å². The van der Waals surface area contributed by atoms with Crippen molar-refractivity contribution >= 4 is 0 Å². The van der Waals surface area contributed by atoms with E-state index in [0.717, 1.165) is 45.0 Å². The average Bonchev–Trinajstić information content (AvgIpc) is 3.18. The molecule has 2 fully saturated rings. The van der Waals surface area contributed by atoms with E-state index in [9.17, 15) is 0 Å². The lowest BCUT2D eigenvalue weighted by Gasteiger charge is -2.34. The Morgan fingerprint density at radius 3 is 2.27 bits per heavy atom. The number of aromatic nitrogens is 1. The molecule has 1 aromatic heterocycles. The molecule has 0 N–H and O–H groups in total. The van der Waals surface area contributed by atoms with Gasteiger partial charge in [-0.1, -0.05) is 18.2 Å². The highest BCUT2D eigenvalue weighted by atomic mass is 16.5. The fraction of sp³-hybridized carbons (Fsp3) is 0.500. The third-order valence-corrected chi connectivity index (χ3v) is 5.50. The van der Waals surface area contributed by atoms with Crippen LogP contribution in [0.1, 0.15) is 36.8 Å². The first kappa shape index (κ1) is 17.5. The highest BCUT2D eigenvalue weighted by molar-refractivity contribution is 5.28. The van der Waals surface area contributed by atoms with Gasteiger partial charge >= 0.3 is 0 Å². The molecule has 0 radical (unpaired) electrons. The number of benzene rings is 1. The molecule has 0 amide bonds. The number of hydrogen-bond donors (Lipinski definition) is 0. The van der Waals surface area contributed by atoms with Gasteiger partial charge in [-0.2, -0.15) is 0 Å². The summed E-state index contributed by atoms with van der Waals surface area (Å²) in [6.07, 6.45) is 9.29. The van der Waals surface area contributed by atoms with E-state index in [1.807, 2.05) is 18.5 Å². The van der Waals surface area contributed by atoms with E-state index in [1.54, 1.807) is 0 Å². The minimum atomic E-state index is 0.432. The van der Waals surface area contributed by atoms with Crippen LogP contribution in [0.3, 0.4) is 0 Å². The third-order valence-electron chi connectivity index (χ3n) is 5.50. The topological polar surface area (TPSA) is 28.6 Å². The van der Waals surface area contributed by atoms with Gasteiger partial charge in [0, 0.05) is 51.7 Å². The molecule has 0 spiro atoms. The number of nitrogens with zero attached hydrogens (tertiary/aromatic N) is 3. The number of ether oxygens (including phenoxy) is 1. The van der Waals surface area contributed by atoms with Gasteiger partial charge in [0.05, 0.1) is 6.10 Å². The number of piperazine rings is 1. The van der Waals surface area contributed by atoms with Crippen LogP contribution < -0.4 is 4.74 Å². The molecule has 2 heterocycles. The number of hydrogen-bond acceptors (Lipinski definition) is 4. The van der Waals surface area contributed by atoms with Crippen molar-refractivity contribution in [2.45, 2.75) is 44.9 Å². The molecular weight excluding hydrogens is 322 g/mol. The van der Waals surface area contributed by atoms with Crippen molar-refractivity contribution in [3.63, 3.8) is 0 Å². The van der Waals surface area contributed by atoms with E-state index in [2.05, 4.69) is 45.1 Å². The van der Waals surface area contributed by atoms with E-state index in [0.29, 0.717) is 6.10 Å². The molecular formula is C22H29N3O. The van der Waals surface area contributed by atoms with Gasteiger partial charge in [0.2, 0.25) is 0 Å². The Labute approximate surface area is 156 Å². The molecule has 4 rings (SSSR count). The minimum Gasteiger partial charge on any atom is -0.490 e. The molecule has 4 nitrogen and oxygen atoms in total. The summed E-state index contributed by atoms with van der Waals surface area (Å²) in [5.41, 5.74) is 2.67. The van der Waals surface area contributed by atoms with Gasteiger partial charge in [0.25, 0.3) is 0 Å². The predicted octanol–water partition coefficient (Wildman–Crippen LogP) is 3.72. The van der Waals surface area contributed by atoms with Gasteiger partial charge in [0.1, 0.15) is 5.75 Å². The quantitative estimate of drug-likeness (QED) is 0.793. The van der Waals surface area contributed by atoms with E-state index in [4.69, 9.17) is 4.74 Å². The molecule has 2 aliphatic rings. The maximum Gasteiger partial charge on any atom is 0.120 e. The molecule has 26 heavy (non-hydrogen) atoms. The highest BCUT2D eigenvalue weighted by Crippen LogP contribution is 2.25. The Bertz CT molecular complexity index is 677. The number of pyridine rings is 1.